The number of hydrogen-bond acceptors (Lipinski definition) is 4. The first-order chi connectivity index (χ1) is 5.43. The van der Waals surface area contributed by atoms with Crippen molar-refractivity contribution in [3.63, 3.8) is 0 Å². The Kier molecular flexibility index (Phi) is 4.11. The van der Waals surface area contributed by atoms with Gasteiger partial charge in [0.15, 0.2) is 0 Å². The quantitative estimate of drug-likeness (QED) is 0.624. The van der Waals surface area contributed by atoms with E-state index >= 15 is 0 Å². The van der Waals surface area contributed by atoms with Crippen LogP contribution in [0, 0.1) is 0 Å². The molecule has 0 saturated carbocycles. The zero-order valence-corrected chi connectivity index (χ0v) is 7.23. The van der Waals surface area contributed by atoms with E-state index in [1.165, 1.54) is 5.01 Å². The Labute approximate surface area is 70.6 Å². The van der Waals surface area contributed by atoms with Crippen LogP contribution in [-0.4, -0.2) is 24.6 Å². The lowest BCUT2D eigenvalue weighted by molar-refractivity contribution is 0.687. The van der Waals surface area contributed by atoms with Crippen LogP contribution >= 0.6 is 11.3 Å². The number of nitrogens with one attached hydrogen (secondary N) is 1. The molecular weight excluding hydrogens is 158 g/mol. The van der Waals surface area contributed by atoms with E-state index in [4.69, 9.17) is 5.73 Å². The normalized spacial score (nSPS) is 10.3. The summed E-state index contributed by atoms with van der Waals surface area (Å²) in [6.07, 6.45) is 2.85. The highest BCUT2D eigenvalue weighted by atomic mass is 32.1. The largest absolute Gasteiger partial charge is 0.329 e. The topological polar surface area (TPSA) is 50.9 Å². The molecule has 0 amide bonds. The van der Waals surface area contributed by atoms with Gasteiger partial charge in [-0.2, -0.15) is 0 Å². The van der Waals surface area contributed by atoms with E-state index in [-0.39, 0.29) is 0 Å². The van der Waals surface area contributed by atoms with Gasteiger partial charge in [0.2, 0.25) is 0 Å². The molecule has 0 aliphatic heterocycles. The fourth-order valence-corrected chi connectivity index (χ4v) is 1.42. The molecule has 3 nitrogen and oxygen atoms in total. The van der Waals surface area contributed by atoms with Gasteiger partial charge in [0.1, 0.15) is 0 Å². The summed E-state index contributed by atoms with van der Waals surface area (Å²) in [5.74, 6) is 0. The average Bonchev–Trinajstić information content (AvgIpc) is 2.50. The van der Waals surface area contributed by atoms with Gasteiger partial charge < -0.3 is 11.1 Å². The van der Waals surface area contributed by atoms with E-state index in [0.29, 0.717) is 6.54 Å². The summed E-state index contributed by atoms with van der Waals surface area (Å²) in [7, 11) is 0. The third kappa shape index (κ3) is 3.46. The third-order valence-electron chi connectivity index (χ3n) is 1.32. The van der Waals surface area contributed by atoms with Crippen molar-refractivity contribution in [1.82, 2.24) is 10.3 Å². The Balaban J connectivity index is 2.04. The first-order valence-electron chi connectivity index (χ1n) is 3.72. The lowest BCUT2D eigenvalue weighted by atomic mass is 10.4. The van der Waals surface area contributed by atoms with Crippen molar-refractivity contribution in [3.05, 3.63) is 16.6 Å². The summed E-state index contributed by atoms with van der Waals surface area (Å²) in [6.45, 7) is 2.58. The highest BCUT2D eigenvalue weighted by Crippen LogP contribution is 2.02. The number of rotatable bonds is 5. The highest BCUT2D eigenvalue weighted by Gasteiger charge is 1.92. The smallest absolute Gasteiger partial charge is 0.0937 e. The van der Waals surface area contributed by atoms with E-state index in [1.54, 1.807) is 11.3 Å². The molecule has 1 heterocycles. The predicted octanol–water partition coefficient (Wildman–Crippen LogP) is 0.234. The molecule has 0 radical (unpaired) electrons. The van der Waals surface area contributed by atoms with Crippen LogP contribution in [0.25, 0.3) is 0 Å². The predicted molar refractivity (Wildman–Crippen MR) is 47.7 cm³/mol. The second-order valence-corrected chi connectivity index (χ2v) is 3.19. The van der Waals surface area contributed by atoms with Gasteiger partial charge in [-0.25, -0.2) is 4.98 Å². The summed E-state index contributed by atoms with van der Waals surface area (Å²) in [4.78, 5) is 4.16. The van der Waals surface area contributed by atoms with Crippen molar-refractivity contribution in [1.29, 1.82) is 0 Å². The number of nitrogens with two attached hydrogens (primary N) is 1. The zero-order valence-electron chi connectivity index (χ0n) is 6.42. The maximum atomic E-state index is 5.31. The highest BCUT2D eigenvalue weighted by molar-refractivity contribution is 7.09. The molecule has 0 atom stereocenters. The second-order valence-electron chi connectivity index (χ2n) is 2.21. The lowest BCUT2D eigenvalue weighted by Crippen LogP contribution is -2.24. The van der Waals surface area contributed by atoms with Gasteiger partial charge in [-0.05, 0) is 0 Å². The van der Waals surface area contributed by atoms with Gasteiger partial charge in [-0.15, -0.1) is 11.3 Å². The fourth-order valence-electron chi connectivity index (χ4n) is 0.799. The molecule has 0 aromatic carbocycles. The third-order valence-corrected chi connectivity index (χ3v) is 2.16. The molecule has 0 bridgehead atoms. The van der Waals surface area contributed by atoms with Crippen LogP contribution in [0.2, 0.25) is 0 Å². The Morgan fingerprint density at radius 2 is 2.45 bits per heavy atom. The van der Waals surface area contributed by atoms with Gasteiger partial charge in [0, 0.05) is 37.6 Å². The molecule has 11 heavy (non-hydrogen) atoms. The maximum absolute atomic E-state index is 5.31. The van der Waals surface area contributed by atoms with Crippen molar-refractivity contribution >= 4 is 11.3 Å². The summed E-state index contributed by atoms with van der Waals surface area (Å²) in [6, 6.07) is 0. The van der Waals surface area contributed by atoms with Gasteiger partial charge >= 0.3 is 0 Å². The number of thiazole rings is 1. The standard InChI is InChI=1S/C7H13N3S/c8-2-4-9-3-1-7-10-5-6-11-7/h5-6,9H,1-4,8H2. The first-order valence-corrected chi connectivity index (χ1v) is 4.60. The SMILES string of the molecule is NCCNCCc1nccs1. The van der Waals surface area contributed by atoms with Crippen molar-refractivity contribution in [2.24, 2.45) is 5.73 Å². The molecular formula is C7H13N3S. The molecule has 3 N–H and O–H groups in total. The van der Waals surface area contributed by atoms with E-state index in [1.807, 2.05) is 11.6 Å². The van der Waals surface area contributed by atoms with Crippen LogP contribution in [0.1, 0.15) is 5.01 Å². The maximum Gasteiger partial charge on any atom is 0.0937 e. The van der Waals surface area contributed by atoms with E-state index in [0.717, 1.165) is 19.5 Å². The number of nitrogens with zero attached hydrogens (tertiary/aromatic N) is 1. The lowest BCUT2D eigenvalue weighted by Gasteiger charge is -1.98. The Hall–Kier alpha value is -0.450. The molecule has 1 aromatic heterocycles. The Bertz CT molecular complexity index is 174. The molecule has 4 heteroatoms. The summed E-state index contributed by atoms with van der Waals surface area (Å²) in [5, 5.41) is 6.40. The van der Waals surface area contributed by atoms with Crippen molar-refractivity contribution in [3.8, 4) is 0 Å². The van der Waals surface area contributed by atoms with Gasteiger partial charge in [0.25, 0.3) is 0 Å². The zero-order chi connectivity index (χ0) is 7.94. The molecule has 0 unspecified atom stereocenters. The minimum Gasteiger partial charge on any atom is -0.329 e. The molecule has 0 saturated heterocycles. The summed E-state index contributed by atoms with van der Waals surface area (Å²) < 4.78 is 0. The Morgan fingerprint density at radius 3 is 3.09 bits per heavy atom. The number of hydrogen-bond donors (Lipinski definition) is 2. The molecule has 0 aliphatic carbocycles. The van der Waals surface area contributed by atoms with Crippen LogP contribution < -0.4 is 11.1 Å². The average molecular weight is 171 g/mol. The van der Waals surface area contributed by atoms with Crippen LogP contribution in [0.5, 0.6) is 0 Å². The van der Waals surface area contributed by atoms with Crippen molar-refractivity contribution in [2.75, 3.05) is 19.6 Å². The monoisotopic (exact) mass is 171 g/mol. The van der Waals surface area contributed by atoms with Gasteiger partial charge in [-0.3, -0.25) is 0 Å². The van der Waals surface area contributed by atoms with Crippen molar-refractivity contribution in [2.45, 2.75) is 6.42 Å². The van der Waals surface area contributed by atoms with Crippen LogP contribution in [0.3, 0.4) is 0 Å². The molecule has 1 rings (SSSR count). The molecule has 62 valence electrons. The van der Waals surface area contributed by atoms with Crippen molar-refractivity contribution < 1.29 is 0 Å². The van der Waals surface area contributed by atoms with E-state index in [9.17, 15) is 0 Å². The minimum atomic E-state index is 0.706. The van der Waals surface area contributed by atoms with Crippen LogP contribution in [0.4, 0.5) is 0 Å². The molecule has 0 fully saturated rings. The minimum absolute atomic E-state index is 0.706. The van der Waals surface area contributed by atoms with E-state index < -0.39 is 0 Å². The second kappa shape index (κ2) is 5.23. The van der Waals surface area contributed by atoms with Crippen LogP contribution in [0.15, 0.2) is 11.6 Å². The molecule has 0 spiro atoms. The summed E-state index contributed by atoms with van der Waals surface area (Å²) in [5.41, 5.74) is 5.31. The molecule has 1 aromatic rings. The summed E-state index contributed by atoms with van der Waals surface area (Å²) >= 11 is 1.70. The Morgan fingerprint density at radius 1 is 1.55 bits per heavy atom. The van der Waals surface area contributed by atoms with Gasteiger partial charge in [-0.1, -0.05) is 0 Å². The molecule has 0 aliphatic rings. The van der Waals surface area contributed by atoms with Gasteiger partial charge in [0.05, 0.1) is 5.01 Å². The number of aromatic nitrogens is 1. The van der Waals surface area contributed by atoms with Crippen LogP contribution in [-0.2, 0) is 6.42 Å². The van der Waals surface area contributed by atoms with E-state index in [2.05, 4.69) is 10.3 Å². The fraction of sp³-hybridized carbons (Fsp3) is 0.571. The first kappa shape index (κ1) is 8.64.